The second-order valence-electron chi connectivity index (χ2n) is 6.72. The first-order chi connectivity index (χ1) is 11.1. The van der Waals surface area contributed by atoms with Gasteiger partial charge in [-0.1, -0.05) is 20.3 Å². The van der Waals surface area contributed by atoms with Crippen LogP contribution < -0.4 is 5.32 Å². The number of aliphatic hydroxyl groups is 1. The molecule has 1 fully saturated rings. The third kappa shape index (κ3) is 4.00. The molecule has 1 unspecified atom stereocenters. The molecule has 1 saturated heterocycles. The maximum atomic E-state index is 10.3. The van der Waals surface area contributed by atoms with Crippen LogP contribution >= 0.6 is 0 Å². The van der Waals surface area contributed by atoms with Crippen molar-refractivity contribution in [1.29, 1.82) is 0 Å². The van der Waals surface area contributed by atoms with E-state index in [0.29, 0.717) is 12.5 Å². The lowest BCUT2D eigenvalue weighted by Gasteiger charge is -2.28. The van der Waals surface area contributed by atoms with E-state index >= 15 is 0 Å². The van der Waals surface area contributed by atoms with E-state index in [-0.39, 0.29) is 6.10 Å². The highest BCUT2D eigenvalue weighted by Gasteiger charge is 2.15. The zero-order valence-electron chi connectivity index (χ0n) is 14.1. The number of hydrogen-bond acceptors (Lipinski definition) is 5. The zero-order valence-corrected chi connectivity index (χ0v) is 14.1. The number of fused-ring (bicyclic) bond motifs is 1. The van der Waals surface area contributed by atoms with Gasteiger partial charge in [-0.05, 0) is 31.8 Å². The number of piperidine rings is 1. The largest absolute Gasteiger partial charge is 0.390 e. The van der Waals surface area contributed by atoms with Crippen molar-refractivity contribution in [2.45, 2.75) is 45.1 Å². The van der Waals surface area contributed by atoms with E-state index < -0.39 is 0 Å². The Labute approximate surface area is 137 Å². The van der Waals surface area contributed by atoms with Crippen molar-refractivity contribution >= 4 is 11.5 Å². The molecule has 0 aliphatic carbocycles. The normalized spacial score (nSPS) is 17.7. The van der Waals surface area contributed by atoms with Gasteiger partial charge in [0, 0.05) is 30.9 Å². The third-order valence-corrected chi connectivity index (χ3v) is 4.41. The Morgan fingerprint density at radius 1 is 1.26 bits per heavy atom. The minimum absolute atomic E-state index is 0.355. The van der Waals surface area contributed by atoms with Crippen molar-refractivity contribution in [3.8, 4) is 0 Å². The number of rotatable bonds is 6. The van der Waals surface area contributed by atoms with Crippen LogP contribution in [0, 0.1) is 0 Å². The smallest absolute Gasteiger partial charge is 0.157 e. The molecule has 0 amide bonds. The summed E-state index contributed by atoms with van der Waals surface area (Å²) in [6, 6.07) is 3.93. The molecule has 126 valence electrons. The van der Waals surface area contributed by atoms with Crippen LogP contribution in [0.1, 0.15) is 44.7 Å². The van der Waals surface area contributed by atoms with Crippen LogP contribution in [0.5, 0.6) is 0 Å². The summed E-state index contributed by atoms with van der Waals surface area (Å²) in [5, 5.41) is 18.0. The summed E-state index contributed by atoms with van der Waals surface area (Å²) < 4.78 is 1.79. The Bertz CT molecular complexity index is 633. The van der Waals surface area contributed by atoms with Gasteiger partial charge in [-0.25, -0.2) is 4.98 Å². The summed E-state index contributed by atoms with van der Waals surface area (Å²) in [6.45, 7) is 7.72. The van der Waals surface area contributed by atoms with Gasteiger partial charge in [-0.2, -0.15) is 9.61 Å². The monoisotopic (exact) mass is 317 g/mol. The molecule has 2 N–H and O–H groups in total. The number of nitrogens with one attached hydrogen (secondary N) is 1. The Morgan fingerprint density at radius 3 is 2.78 bits per heavy atom. The molecule has 1 atom stereocenters. The van der Waals surface area contributed by atoms with Crippen LogP contribution in [0.3, 0.4) is 0 Å². The third-order valence-electron chi connectivity index (χ3n) is 4.41. The van der Waals surface area contributed by atoms with Gasteiger partial charge in [-0.3, -0.25) is 0 Å². The van der Waals surface area contributed by atoms with Crippen LogP contribution in [0.2, 0.25) is 0 Å². The maximum Gasteiger partial charge on any atom is 0.157 e. The van der Waals surface area contributed by atoms with Gasteiger partial charge in [-0.15, -0.1) is 0 Å². The summed E-state index contributed by atoms with van der Waals surface area (Å²) >= 11 is 0. The van der Waals surface area contributed by atoms with Gasteiger partial charge in [0.2, 0.25) is 0 Å². The van der Waals surface area contributed by atoms with Crippen molar-refractivity contribution in [1.82, 2.24) is 19.5 Å². The van der Waals surface area contributed by atoms with Crippen molar-refractivity contribution in [3.63, 3.8) is 0 Å². The first-order valence-corrected chi connectivity index (χ1v) is 8.62. The minimum atomic E-state index is -0.380. The van der Waals surface area contributed by atoms with Crippen LogP contribution in [-0.2, 0) is 0 Å². The fourth-order valence-corrected chi connectivity index (χ4v) is 3.08. The first kappa shape index (κ1) is 16.2. The second-order valence-corrected chi connectivity index (χ2v) is 6.72. The molecule has 3 heterocycles. The Balaban J connectivity index is 1.64. The van der Waals surface area contributed by atoms with E-state index in [0.717, 1.165) is 36.8 Å². The van der Waals surface area contributed by atoms with Gasteiger partial charge in [0.1, 0.15) is 5.82 Å². The quantitative estimate of drug-likeness (QED) is 0.854. The molecule has 6 nitrogen and oxygen atoms in total. The topological polar surface area (TPSA) is 65.7 Å². The lowest BCUT2D eigenvalue weighted by Crippen LogP contribution is -2.39. The molecule has 0 saturated carbocycles. The number of hydrogen-bond donors (Lipinski definition) is 2. The number of nitrogens with zero attached hydrogens (tertiary/aromatic N) is 4. The highest BCUT2D eigenvalue weighted by molar-refractivity contribution is 5.49. The predicted molar refractivity (Wildman–Crippen MR) is 91.9 cm³/mol. The molecule has 1 aliphatic heterocycles. The summed E-state index contributed by atoms with van der Waals surface area (Å²) in [4.78, 5) is 6.96. The van der Waals surface area contributed by atoms with Crippen molar-refractivity contribution in [3.05, 3.63) is 24.0 Å². The standard InChI is InChI=1S/C17H27N5O/c1-13(2)15-10-17(22-16(20-15)6-7-19-22)18-11-14(23)12-21-8-4-3-5-9-21/h6-7,10,13-14,18,23H,3-5,8-9,11-12H2,1-2H3. The number of aromatic nitrogens is 3. The number of likely N-dealkylation sites (tertiary alicyclic amines) is 1. The van der Waals surface area contributed by atoms with Gasteiger partial charge in [0.05, 0.1) is 12.3 Å². The van der Waals surface area contributed by atoms with Crippen LogP contribution in [0.25, 0.3) is 5.65 Å². The zero-order chi connectivity index (χ0) is 16.2. The number of β-amino-alcohol motifs (C(OH)–C–C–N with tert-alkyl or cyclic N) is 1. The number of aliphatic hydroxyl groups excluding tert-OH is 1. The Morgan fingerprint density at radius 2 is 2.04 bits per heavy atom. The summed E-state index contributed by atoms with van der Waals surface area (Å²) in [7, 11) is 0. The molecule has 0 bridgehead atoms. The molecule has 2 aromatic heterocycles. The lowest BCUT2D eigenvalue weighted by molar-refractivity contribution is 0.109. The van der Waals surface area contributed by atoms with E-state index in [1.54, 1.807) is 10.7 Å². The van der Waals surface area contributed by atoms with Gasteiger partial charge in [0.15, 0.2) is 5.65 Å². The number of anilines is 1. The SMILES string of the molecule is CC(C)c1cc(NCC(O)CN2CCCCC2)n2nccc2n1. The predicted octanol–water partition coefficient (Wildman–Crippen LogP) is 2.11. The van der Waals surface area contributed by atoms with Gasteiger partial charge >= 0.3 is 0 Å². The van der Waals surface area contributed by atoms with E-state index in [4.69, 9.17) is 0 Å². The van der Waals surface area contributed by atoms with Crippen molar-refractivity contribution < 1.29 is 5.11 Å². The van der Waals surface area contributed by atoms with E-state index in [1.807, 2.05) is 12.1 Å². The molecule has 2 aromatic rings. The highest BCUT2D eigenvalue weighted by Crippen LogP contribution is 2.18. The summed E-state index contributed by atoms with van der Waals surface area (Å²) in [5.41, 5.74) is 1.87. The molecule has 0 aromatic carbocycles. The molecule has 3 rings (SSSR count). The van der Waals surface area contributed by atoms with Crippen molar-refractivity contribution in [2.75, 3.05) is 31.5 Å². The van der Waals surface area contributed by atoms with Crippen LogP contribution in [0.15, 0.2) is 18.3 Å². The molecule has 6 heteroatoms. The van der Waals surface area contributed by atoms with Gasteiger partial charge in [0.25, 0.3) is 0 Å². The average Bonchev–Trinajstić information content (AvgIpc) is 3.02. The summed E-state index contributed by atoms with van der Waals surface area (Å²) in [5.74, 6) is 1.25. The molecule has 1 aliphatic rings. The van der Waals surface area contributed by atoms with Crippen LogP contribution in [0.4, 0.5) is 5.82 Å². The van der Waals surface area contributed by atoms with E-state index in [2.05, 4.69) is 34.1 Å². The Hall–Kier alpha value is -1.66. The summed E-state index contributed by atoms with van der Waals surface area (Å²) in [6.07, 6.45) is 5.18. The van der Waals surface area contributed by atoms with E-state index in [1.165, 1.54) is 19.3 Å². The second kappa shape index (κ2) is 7.27. The van der Waals surface area contributed by atoms with Gasteiger partial charge < -0.3 is 15.3 Å². The molecular formula is C17H27N5O. The first-order valence-electron chi connectivity index (χ1n) is 8.62. The Kier molecular flexibility index (Phi) is 5.13. The molecular weight excluding hydrogens is 290 g/mol. The molecule has 0 radical (unpaired) electrons. The van der Waals surface area contributed by atoms with Crippen molar-refractivity contribution in [2.24, 2.45) is 0 Å². The lowest BCUT2D eigenvalue weighted by atomic mass is 10.1. The van der Waals surface area contributed by atoms with Crippen LogP contribution in [-0.4, -0.2) is 56.9 Å². The fraction of sp³-hybridized carbons (Fsp3) is 0.647. The molecule has 23 heavy (non-hydrogen) atoms. The fourth-order valence-electron chi connectivity index (χ4n) is 3.08. The average molecular weight is 317 g/mol. The molecule has 0 spiro atoms. The van der Waals surface area contributed by atoms with E-state index in [9.17, 15) is 5.11 Å². The minimum Gasteiger partial charge on any atom is -0.390 e. The highest BCUT2D eigenvalue weighted by atomic mass is 16.3. The maximum absolute atomic E-state index is 10.3.